The predicted molar refractivity (Wildman–Crippen MR) is 84.8 cm³/mol. The molecular formula is C17H26N2O. The summed E-state index contributed by atoms with van der Waals surface area (Å²) in [6.07, 6.45) is 7.16. The van der Waals surface area contributed by atoms with E-state index < -0.39 is 0 Å². The van der Waals surface area contributed by atoms with Gasteiger partial charge in [0.25, 0.3) is 0 Å². The summed E-state index contributed by atoms with van der Waals surface area (Å²) in [5, 5.41) is 4.24. The molecule has 0 saturated heterocycles. The second-order valence-corrected chi connectivity index (χ2v) is 4.98. The smallest absolute Gasteiger partial charge is 0.240 e. The quantitative estimate of drug-likeness (QED) is 0.407. The van der Waals surface area contributed by atoms with E-state index >= 15 is 0 Å². The number of unbranched alkanes of at least 4 members (excludes halogenated alkanes) is 4. The van der Waals surface area contributed by atoms with Crippen molar-refractivity contribution >= 4 is 11.6 Å². The largest absolute Gasteiger partial charge is 0.273 e. The summed E-state index contributed by atoms with van der Waals surface area (Å²) < 4.78 is 0. The number of amides is 1. The standard InChI is InChI=1S/C17H26N2O/c1-3-5-6-7-11-14-17(20)19-18-16(4-2)15-12-9-8-10-13-15/h8-10,12-13H,3-7,11,14H2,1-2H3,(H,19,20). The van der Waals surface area contributed by atoms with Crippen LogP contribution in [0.25, 0.3) is 0 Å². The summed E-state index contributed by atoms with van der Waals surface area (Å²) in [4.78, 5) is 11.7. The molecule has 0 unspecified atom stereocenters. The monoisotopic (exact) mass is 274 g/mol. The summed E-state index contributed by atoms with van der Waals surface area (Å²) in [6, 6.07) is 9.97. The highest BCUT2D eigenvalue weighted by Crippen LogP contribution is 2.06. The Hall–Kier alpha value is -1.64. The zero-order chi connectivity index (χ0) is 14.6. The molecule has 1 N–H and O–H groups in total. The maximum Gasteiger partial charge on any atom is 0.240 e. The summed E-state index contributed by atoms with van der Waals surface area (Å²) in [5.41, 5.74) is 4.66. The van der Waals surface area contributed by atoms with E-state index in [1.807, 2.05) is 37.3 Å². The van der Waals surface area contributed by atoms with Gasteiger partial charge in [-0.15, -0.1) is 0 Å². The Balaban J connectivity index is 2.35. The average molecular weight is 274 g/mol. The van der Waals surface area contributed by atoms with Gasteiger partial charge in [-0.25, -0.2) is 5.43 Å². The van der Waals surface area contributed by atoms with Crippen LogP contribution in [0.3, 0.4) is 0 Å². The predicted octanol–water partition coefficient (Wildman–Crippen LogP) is 4.28. The van der Waals surface area contributed by atoms with E-state index in [0.29, 0.717) is 6.42 Å². The third-order valence-electron chi connectivity index (χ3n) is 3.26. The molecule has 1 aromatic carbocycles. The highest BCUT2D eigenvalue weighted by atomic mass is 16.2. The Morgan fingerprint density at radius 3 is 2.40 bits per heavy atom. The van der Waals surface area contributed by atoms with Crippen molar-refractivity contribution in [2.45, 2.75) is 58.8 Å². The van der Waals surface area contributed by atoms with E-state index in [0.717, 1.165) is 30.5 Å². The van der Waals surface area contributed by atoms with Crippen LogP contribution >= 0.6 is 0 Å². The molecule has 3 nitrogen and oxygen atoms in total. The molecule has 0 aliphatic rings. The van der Waals surface area contributed by atoms with Crippen LogP contribution in [0.4, 0.5) is 0 Å². The molecule has 0 atom stereocenters. The molecule has 3 heteroatoms. The van der Waals surface area contributed by atoms with Gasteiger partial charge >= 0.3 is 0 Å². The lowest BCUT2D eigenvalue weighted by Crippen LogP contribution is -2.19. The number of hydrogen-bond donors (Lipinski definition) is 1. The van der Waals surface area contributed by atoms with Crippen LogP contribution in [-0.4, -0.2) is 11.6 Å². The Morgan fingerprint density at radius 2 is 1.75 bits per heavy atom. The molecule has 1 aromatic rings. The molecule has 1 amide bonds. The number of benzene rings is 1. The molecule has 0 aromatic heterocycles. The Bertz CT molecular complexity index is 412. The minimum absolute atomic E-state index is 0.0170. The van der Waals surface area contributed by atoms with Crippen molar-refractivity contribution in [2.24, 2.45) is 5.10 Å². The third kappa shape index (κ3) is 6.50. The van der Waals surface area contributed by atoms with Crippen LogP contribution in [-0.2, 0) is 4.79 Å². The van der Waals surface area contributed by atoms with E-state index in [-0.39, 0.29) is 5.91 Å². The Labute approximate surface area is 122 Å². The minimum Gasteiger partial charge on any atom is -0.273 e. The summed E-state index contributed by atoms with van der Waals surface area (Å²) in [5.74, 6) is 0.0170. The maximum atomic E-state index is 11.7. The second kappa shape index (κ2) is 10.2. The van der Waals surface area contributed by atoms with Gasteiger partial charge in [0, 0.05) is 6.42 Å². The number of nitrogens with zero attached hydrogens (tertiary/aromatic N) is 1. The van der Waals surface area contributed by atoms with Crippen LogP contribution in [0.5, 0.6) is 0 Å². The van der Waals surface area contributed by atoms with Gasteiger partial charge in [0.05, 0.1) is 5.71 Å². The van der Waals surface area contributed by atoms with E-state index in [4.69, 9.17) is 0 Å². The van der Waals surface area contributed by atoms with E-state index in [1.54, 1.807) is 0 Å². The van der Waals surface area contributed by atoms with Gasteiger partial charge in [-0.05, 0) is 18.4 Å². The van der Waals surface area contributed by atoms with Crippen LogP contribution in [0.15, 0.2) is 35.4 Å². The van der Waals surface area contributed by atoms with Crippen molar-refractivity contribution in [1.29, 1.82) is 0 Å². The fourth-order valence-electron chi connectivity index (χ4n) is 2.05. The van der Waals surface area contributed by atoms with Crippen LogP contribution in [0.2, 0.25) is 0 Å². The number of nitrogens with one attached hydrogen (secondary N) is 1. The lowest BCUT2D eigenvalue weighted by molar-refractivity contribution is -0.121. The topological polar surface area (TPSA) is 41.5 Å². The van der Waals surface area contributed by atoms with E-state index in [9.17, 15) is 4.79 Å². The second-order valence-electron chi connectivity index (χ2n) is 4.98. The molecule has 110 valence electrons. The van der Waals surface area contributed by atoms with Gasteiger partial charge in [0.2, 0.25) is 5.91 Å². The van der Waals surface area contributed by atoms with Gasteiger partial charge in [0.15, 0.2) is 0 Å². The van der Waals surface area contributed by atoms with E-state index in [2.05, 4.69) is 17.5 Å². The van der Waals surface area contributed by atoms with Gasteiger partial charge in [-0.3, -0.25) is 4.79 Å². The van der Waals surface area contributed by atoms with Crippen molar-refractivity contribution in [3.05, 3.63) is 35.9 Å². The first-order valence-electron chi connectivity index (χ1n) is 7.68. The number of carbonyl (C=O) groups excluding carboxylic acids is 1. The first-order chi connectivity index (χ1) is 9.77. The molecule has 0 bridgehead atoms. The molecule has 0 aliphatic carbocycles. The average Bonchev–Trinajstić information content (AvgIpc) is 2.49. The fraction of sp³-hybridized carbons (Fsp3) is 0.529. The Kier molecular flexibility index (Phi) is 8.36. The first kappa shape index (κ1) is 16.4. The molecule has 20 heavy (non-hydrogen) atoms. The summed E-state index contributed by atoms with van der Waals surface area (Å²) in [7, 11) is 0. The minimum atomic E-state index is 0.0170. The van der Waals surface area contributed by atoms with Crippen LogP contribution < -0.4 is 5.43 Å². The molecule has 0 spiro atoms. The lowest BCUT2D eigenvalue weighted by atomic mass is 10.1. The molecule has 0 radical (unpaired) electrons. The van der Waals surface area contributed by atoms with Gasteiger partial charge in [0.1, 0.15) is 0 Å². The zero-order valence-electron chi connectivity index (χ0n) is 12.7. The van der Waals surface area contributed by atoms with Crippen molar-refractivity contribution < 1.29 is 4.79 Å². The SMILES string of the molecule is CCCCCCCC(=O)NN=C(CC)c1ccccc1. The number of rotatable bonds is 9. The normalized spacial score (nSPS) is 11.4. The first-order valence-corrected chi connectivity index (χ1v) is 7.68. The summed E-state index contributed by atoms with van der Waals surface area (Å²) >= 11 is 0. The Morgan fingerprint density at radius 1 is 1.05 bits per heavy atom. The molecule has 0 fully saturated rings. The highest BCUT2D eigenvalue weighted by molar-refractivity contribution is 6.00. The van der Waals surface area contributed by atoms with Crippen LogP contribution in [0, 0.1) is 0 Å². The third-order valence-corrected chi connectivity index (χ3v) is 3.26. The van der Waals surface area contributed by atoms with Crippen molar-refractivity contribution in [3.8, 4) is 0 Å². The van der Waals surface area contributed by atoms with Crippen molar-refractivity contribution in [2.75, 3.05) is 0 Å². The van der Waals surface area contributed by atoms with Gasteiger partial charge < -0.3 is 0 Å². The molecule has 0 aliphatic heterocycles. The van der Waals surface area contributed by atoms with Gasteiger partial charge in [-0.1, -0.05) is 69.9 Å². The summed E-state index contributed by atoms with van der Waals surface area (Å²) in [6.45, 7) is 4.24. The molecule has 0 heterocycles. The molecule has 0 saturated carbocycles. The molecule has 1 rings (SSSR count). The maximum absolute atomic E-state index is 11.7. The lowest BCUT2D eigenvalue weighted by Gasteiger charge is -2.05. The number of carbonyl (C=O) groups is 1. The molecular weight excluding hydrogens is 248 g/mol. The van der Waals surface area contributed by atoms with Gasteiger partial charge in [-0.2, -0.15) is 5.10 Å². The zero-order valence-corrected chi connectivity index (χ0v) is 12.7. The fourth-order valence-corrected chi connectivity index (χ4v) is 2.05. The van der Waals surface area contributed by atoms with Crippen LogP contribution in [0.1, 0.15) is 64.4 Å². The van der Waals surface area contributed by atoms with Crippen molar-refractivity contribution in [3.63, 3.8) is 0 Å². The number of hydrogen-bond acceptors (Lipinski definition) is 2. The highest BCUT2D eigenvalue weighted by Gasteiger charge is 2.03. The van der Waals surface area contributed by atoms with E-state index in [1.165, 1.54) is 19.3 Å². The number of hydrazone groups is 1. The van der Waals surface area contributed by atoms with Crippen molar-refractivity contribution in [1.82, 2.24) is 5.43 Å².